The predicted molar refractivity (Wildman–Crippen MR) is 75.7 cm³/mol. The Hall–Kier alpha value is -1.46. The first-order valence-electron chi connectivity index (χ1n) is 7.34. The minimum absolute atomic E-state index is 1.37. The molecule has 0 unspecified atom stereocenters. The quantitative estimate of drug-likeness (QED) is 0.344. The summed E-state index contributed by atoms with van der Waals surface area (Å²) in [4.78, 5) is 24.8. The second-order valence-corrected chi connectivity index (χ2v) is 4.53. The molecule has 0 aromatic heterocycles. The van der Waals surface area contributed by atoms with Crippen molar-refractivity contribution in [2.45, 2.75) is 78.1 Å². The van der Waals surface area contributed by atoms with Crippen molar-refractivity contribution in [1.82, 2.24) is 0 Å². The molecule has 0 fully saturated rings. The van der Waals surface area contributed by atoms with Gasteiger partial charge in [-0.25, -0.2) is 19.4 Å². The van der Waals surface area contributed by atoms with E-state index in [9.17, 15) is 9.59 Å². The molecule has 0 aliphatic heterocycles. The zero-order valence-electron chi connectivity index (χ0n) is 12.6. The molecule has 20 heavy (non-hydrogen) atoms. The predicted octanol–water partition coefficient (Wildman–Crippen LogP) is 5.22. The monoisotopic (exact) mass is 292 g/mol. The van der Waals surface area contributed by atoms with Gasteiger partial charge < -0.3 is 10.2 Å². The minimum Gasteiger partial charge on any atom is -0.447 e. The van der Waals surface area contributed by atoms with Crippen molar-refractivity contribution < 1.29 is 29.6 Å². The lowest BCUT2D eigenvalue weighted by atomic mass is 10.1. The molecular weight excluding hydrogens is 264 g/mol. The smallest absolute Gasteiger partial charge is 0.447 e. The van der Waals surface area contributed by atoms with Gasteiger partial charge in [-0.2, -0.15) is 0 Å². The highest BCUT2D eigenvalue weighted by Crippen LogP contribution is 2.09. The first-order chi connectivity index (χ1) is 9.54. The normalized spacial score (nSPS) is 9.30. The number of carboxylic acid groups (broad SMARTS) is 2. The summed E-state index contributed by atoms with van der Waals surface area (Å²) >= 11 is 0. The third-order valence-corrected chi connectivity index (χ3v) is 2.64. The van der Waals surface area contributed by atoms with E-state index in [0.717, 1.165) is 0 Å². The molecule has 0 aromatic rings. The summed E-state index contributed by atoms with van der Waals surface area (Å²) in [5, 5.41) is 15.1. The zero-order chi connectivity index (χ0) is 15.6. The molecule has 0 radical (unpaired) electrons. The lowest BCUT2D eigenvalue weighted by Crippen LogP contribution is -2.05. The topological polar surface area (TPSA) is 93.1 Å². The third kappa shape index (κ3) is 25.4. The Morgan fingerprint density at radius 2 is 0.900 bits per heavy atom. The average molecular weight is 292 g/mol. The molecule has 6 heteroatoms. The lowest BCUT2D eigenvalue weighted by Gasteiger charge is -1.99. The van der Waals surface area contributed by atoms with E-state index in [0.29, 0.717) is 0 Å². The van der Waals surface area contributed by atoms with Crippen molar-refractivity contribution in [3.63, 3.8) is 0 Å². The number of unbranched alkanes of at least 4 members (excludes halogenated alkanes) is 9. The molecule has 0 aromatic carbocycles. The Morgan fingerprint density at radius 1 is 0.650 bits per heavy atom. The molecule has 0 atom stereocenters. The molecule has 6 nitrogen and oxygen atoms in total. The fourth-order valence-corrected chi connectivity index (χ4v) is 1.63. The van der Waals surface area contributed by atoms with Crippen molar-refractivity contribution in [2.75, 3.05) is 0 Å². The van der Waals surface area contributed by atoms with Gasteiger partial charge in [-0.1, -0.05) is 78.1 Å². The third-order valence-electron chi connectivity index (χ3n) is 2.64. The van der Waals surface area contributed by atoms with Crippen molar-refractivity contribution in [1.29, 1.82) is 0 Å². The summed E-state index contributed by atoms with van der Waals surface area (Å²) < 4.78 is 0. The molecular formula is C14H28O6. The highest BCUT2D eigenvalue weighted by atomic mass is 17.2. The van der Waals surface area contributed by atoms with Gasteiger partial charge in [-0.05, 0) is 0 Å². The molecule has 0 amide bonds. The van der Waals surface area contributed by atoms with E-state index in [1.54, 1.807) is 0 Å². The van der Waals surface area contributed by atoms with Crippen molar-refractivity contribution in [3.8, 4) is 0 Å². The number of hydrogen-bond acceptors (Lipinski definition) is 4. The van der Waals surface area contributed by atoms with E-state index in [1.807, 2.05) is 0 Å². The van der Waals surface area contributed by atoms with Gasteiger partial charge >= 0.3 is 12.3 Å². The Labute approximate surface area is 121 Å². The SMILES string of the molecule is CCCCCCCCCCCC.O=C(O)OOC(=O)O. The standard InChI is InChI=1S/C12H26.C2H2O6/c1-3-5-7-9-11-12-10-8-6-4-2;3-1(4)7-8-2(5)6/h3-12H2,1-2H3;(H,3,4)(H,5,6). The van der Waals surface area contributed by atoms with Crippen LogP contribution in [0.5, 0.6) is 0 Å². The summed E-state index contributed by atoms with van der Waals surface area (Å²) in [7, 11) is 0. The van der Waals surface area contributed by atoms with E-state index in [-0.39, 0.29) is 0 Å². The number of hydrogen-bond donors (Lipinski definition) is 2. The van der Waals surface area contributed by atoms with Crippen LogP contribution in [0.3, 0.4) is 0 Å². The van der Waals surface area contributed by atoms with Crippen LogP contribution in [0.4, 0.5) is 9.59 Å². The molecule has 2 N–H and O–H groups in total. The minimum atomic E-state index is -1.80. The summed E-state index contributed by atoms with van der Waals surface area (Å²) in [6.07, 6.45) is 10.8. The molecule has 0 rings (SSSR count). The fourth-order valence-electron chi connectivity index (χ4n) is 1.63. The van der Waals surface area contributed by atoms with Crippen LogP contribution in [0, 0.1) is 0 Å². The second kappa shape index (κ2) is 17.5. The van der Waals surface area contributed by atoms with Crippen LogP contribution in [0.25, 0.3) is 0 Å². The largest absolute Gasteiger partial charge is 0.547 e. The van der Waals surface area contributed by atoms with Gasteiger partial charge in [-0.3, -0.25) is 0 Å². The van der Waals surface area contributed by atoms with Crippen LogP contribution >= 0.6 is 0 Å². The van der Waals surface area contributed by atoms with E-state index in [2.05, 4.69) is 23.6 Å². The van der Waals surface area contributed by atoms with Gasteiger partial charge in [0.25, 0.3) is 0 Å². The van der Waals surface area contributed by atoms with Gasteiger partial charge in [0.1, 0.15) is 0 Å². The van der Waals surface area contributed by atoms with Crippen LogP contribution < -0.4 is 0 Å². The first-order valence-corrected chi connectivity index (χ1v) is 7.34. The molecule has 0 bridgehead atoms. The summed E-state index contributed by atoms with van der Waals surface area (Å²) in [6.45, 7) is 4.56. The summed E-state index contributed by atoms with van der Waals surface area (Å²) in [5.74, 6) is 0. The maximum Gasteiger partial charge on any atom is 0.547 e. The van der Waals surface area contributed by atoms with E-state index in [4.69, 9.17) is 10.2 Å². The molecule has 0 heterocycles. The maximum absolute atomic E-state index is 9.29. The Morgan fingerprint density at radius 3 is 1.10 bits per heavy atom. The Kier molecular flexibility index (Phi) is 18.3. The Balaban J connectivity index is 0. The molecule has 0 saturated carbocycles. The highest BCUT2D eigenvalue weighted by Gasteiger charge is 2.01. The first kappa shape index (κ1) is 20.8. The van der Waals surface area contributed by atoms with Gasteiger partial charge in [-0.15, -0.1) is 0 Å². The van der Waals surface area contributed by atoms with E-state index < -0.39 is 12.3 Å². The van der Waals surface area contributed by atoms with E-state index in [1.165, 1.54) is 64.2 Å². The van der Waals surface area contributed by atoms with Crippen LogP contribution in [-0.2, 0) is 9.78 Å². The molecule has 0 spiro atoms. The molecule has 120 valence electrons. The van der Waals surface area contributed by atoms with Gasteiger partial charge in [0.15, 0.2) is 0 Å². The van der Waals surface area contributed by atoms with Gasteiger partial charge in [0, 0.05) is 0 Å². The van der Waals surface area contributed by atoms with E-state index >= 15 is 0 Å². The van der Waals surface area contributed by atoms with Gasteiger partial charge in [0.05, 0.1) is 0 Å². The van der Waals surface area contributed by atoms with Crippen LogP contribution in [0.1, 0.15) is 78.1 Å². The maximum atomic E-state index is 9.29. The highest BCUT2D eigenvalue weighted by molar-refractivity contribution is 5.60. The number of carbonyl (C=O) groups is 2. The van der Waals surface area contributed by atoms with Crippen molar-refractivity contribution >= 4 is 12.3 Å². The molecule has 0 aliphatic carbocycles. The van der Waals surface area contributed by atoms with Gasteiger partial charge in [0.2, 0.25) is 0 Å². The number of rotatable bonds is 9. The molecule has 0 aliphatic rings. The van der Waals surface area contributed by atoms with Crippen LogP contribution in [0.15, 0.2) is 0 Å². The second-order valence-electron chi connectivity index (χ2n) is 4.53. The van der Waals surface area contributed by atoms with Crippen LogP contribution in [-0.4, -0.2) is 22.5 Å². The molecule has 0 saturated heterocycles. The lowest BCUT2D eigenvalue weighted by molar-refractivity contribution is -0.208. The van der Waals surface area contributed by atoms with Crippen molar-refractivity contribution in [2.24, 2.45) is 0 Å². The fraction of sp³-hybridized carbons (Fsp3) is 0.857. The van der Waals surface area contributed by atoms with Crippen LogP contribution in [0.2, 0.25) is 0 Å². The Bertz CT molecular complexity index is 206. The average Bonchev–Trinajstić information content (AvgIpc) is 2.40. The van der Waals surface area contributed by atoms with Crippen molar-refractivity contribution in [3.05, 3.63) is 0 Å². The summed E-state index contributed by atoms with van der Waals surface area (Å²) in [6, 6.07) is 0. The summed E-state index contributed by atoms with van der Waals surface area (Å²) in [5.41, 5.74) is 0. The zero-order valence-corrected chi connectivity index (χ0v) is 12.6.